The van der Waals surface area contributed by atoms with Gasteiger partial charge in [-0.05, 0) is 0 Å². The fourth-order valence-electron chi connectivity index (χ4n) is 1.54. The molecule has 2 aromatic rings. The van der Waals surface area contributed by atoms with E-state index in [0.717, 1.165) is 17.1 Å². The molecule has 0 aliphatic rings. The molecule has 11 heteroatoms. The van der Waals surface area contributed by atoms with E-state index in [4.69, 9.17) is 11.6 Å². The van der Waals surface area contributed by atoms with Gasteiger partial charge in [-0.1, -0.05) is 11.6 Å². The molecule has 2 heterocycles. The van der Waals surface area contributed by atoms with Gasteiger partial charge in [0.25, 0.3) is 15.6 Å². The van der Waals surface area contributed by atoms with Crippen LogP contribution in [0.2, 0.25) is 5.15 Å². The third-order valence-electron chi connectivity index (χ3n) is 2.58. The summed E-state index contributed by atoms with van der Waals surface area (Å²) in [7, 11) is -1.69. The third kappa shape index (κ3) is 2.95. The SMILES string of the molecule is Cn1cc(S(=O)(=O)Nc2cc(Cl)ncn2)c(=O)n(C)c1=O. The van der Waals surface area contributed by atoms with E-state index in [1.165, 1.54) is 20.2 Å². The van der Waals surface area contributed by atoms with Crippen molar-refractivity contribution in [3.8, 4) is 0 Å². The number of sulfonamides is 1. The molecule has 0 aromatic carbocycles. The molecule has 0 fully saturated rings. The van der Waals surface area contributed by atoms with Crippen molar-refractivity contribution in [2.45, 2.75) is 4.90 Å². The Labute approximate surface area is 123 Å². The zero-order chi connectivity index (χ0) is 15.8. The minimum absolute atomic E-state index is 0.0380. The molecule has 21 heavy (non-hydrogen) atoms. The predicted octanol–water partition coefficient (Wildman–Crippen LogP) is -0.672. The van der Waals surface area contributed by atoms with Gasteiger partial charge in [-0.25, -0.2) is 23.2 Å². The van der Waals surface area contributed by atoms with Crippen molar-refractivity contribution in [2.24, 2.45) is 14.1 Å². The first-order valence-electron chi connectivity index (χ1n) is 5.49. The van der Waals surface area contributed by atoms with Crippen molar-refractivity contribution in [2.75, 3.05) is 4.72 Å². The second kappa shape index (κ2) is 5.30. The van der Waals surface area contributed by atoms with E-state index in [1.807, 2.05) is 0 Å². The van der Waals surface area contributed by atoms with Crippen LogP contribution in [-0.2, 0) is 24.1 Å². The molecule has 0 saturated heterocycles. The topological polar surface area (TPSA) is 116 Å². The van der Waals surface area contributed by atoms with Gasteiger partial charge in [-0.3, -0.25) is 14.1 Å². The lowest BCUT2D eigenvalue weighted by atomic mass is 10.6. The van der Waals surface area contributed by atoms with Crippen LogP contribution in [0.5, 0.6) is 0 Å². The van der Waals surface area contributed by atoms with Crippen molar-refractivity contribution in [3.05, 3.63) is 44.6 Å². The largest absolute Gasteiger partial charge is 0.330 e. The Morgan fingerprint density at radius 3 is 2.52 bits per heavy atom. The Hall–Kier alpha value is -2.20. The van der Waals surface area contributed by atoms with Crippen molar-refractivity contribution in [1.82, 2.24) is 19.1 Å². The van der Waals surface area contributed by atoms with Gasteiger partial charge in [0.15, 0.2) is 4.90 Å². The van der Waals surface area contributed by atoms with Crippen molar-refractivity contribution in [1.29, 1.82) is 0 Å². The molecule has 0 aliphatic heterocycles. The zero-order valence-corrected chi connectivity index (χ0v) is 12.5. The van der Waals surface area contributed by atoms with Crippen LogP contribution in [0.3, 0.4) is 0 Å². The second-order valence-electron chi connectivity index (χ2n) is 4.08. The smallest absolute Gasteiger partial charge is 0.302 e. The normalized spacial score (nSPS) is 11.4. The second-order valence-corrected chi connectivity index (χ2v) is 6.12. The van der Waals surface area contributed by atoms with E-state index in [1.54, 1.807) is 0 Å². The van der Waals surface area contributed by atoms with Crippen LogP contribution >= 0.6 is 11.6 Å². The maximum absolute atomic E-state index is 12.2. The molecule has 2 aromatic heterocycles. The lowest BCUT2D eigenvalue weighted by molar-refractivity contribution is 0.589. The monoisotopic (exact) mass is 331 g/mol. The van der Waals surface area contributed by atoms with Gasteiger partial charge in [-0.2, -0.15) is 0 Å². The van der Waals surface area contributed by atoms with Crippen LogP contribution in [0.4, 0.5) is 5.82 Å². The first-order chi connectivity index (χ1) is 9.72. The predicted molar refractivity (Wildman–Crippen MR) is 74.8 cm³/mol. The average molecular weight is 332 g/mol. The number of anilines is 1. The lowest BCUT2D eigenvalue weighted by Crippen LogP contribution is -2.40. The van der Waals surface area contributed by atoms with E-state index < -0.39 is 26.2 Å². The van der Waals surface area contributed by atoms with E-state index >= 15 is 0 Å². The van der Waals surface area contributed by atoms with Crippen LogP contribution in [0, 0.1) is 0 Å². The Morgan fingerprint density at radius 1 is 1.24 bits per heavy atom. The first kappa shape index (κ1) is 15.2. The van der Waals surface area contributed by atoms with Gasteiger partial charge in [0.1, 0.15) is 17.3 Å². The highest BCUT2D eigenvalue weighted by atomic mass is 35.5. The van der Waals surface area contributed by atoms with Crippen LogP contribution in [-0.4, -0.2) is 27.5 Å². The van der Waals surface area contributed by atoms with Gasteiger partial charge >= 0.3 is 5.69 Å². The van der Waals surface area contributed by atoms with Gasteiger partial charge in [-0.15, -0.1) is 0 Å². The highest BCUT2D eigenvalue weighted by molar-refractivity contribution is 7.92. The standard InChI is InChI=1S/C10H10ClN5O4S/c1-15-4-6(9(17)16(2)10(15)18)21(19,20)14-8-3-7(11)12-5-13-8/h3-5H,1-2H3,(H,12,13,14). The molecule has 0 radical (unpaired) electrons. The Balaban J connectivity index is 2.56. The summed E-state index contributed by atoms with van der Waals surface area (Å²) in [5.74, 6) is -0.0918. The summed E-state index contributed by atoms with van der Waals surface area (Å²) in [4.78, 5) is 30.2. The molecular formula is C10H10ClN5O4S. The maximum Gasteiger partial charge on any atom is 0.330 e. The molecule has 0 atom stereocenters. The molecule has 1 N–H and O–H groups in total. The Morgan fingerprint density at radius 2 is 1.90 bits per heavy atom. The highest BCUT2D eigenvalue weighted by Gasteiger charge is 2.22. The Bertz CT molecular complexity index is 918. The molecule has 2 rings (SSSR count). The van der Waals surface area contributed by atoms with Crippen molar-refractivity contribution in [3.63, 3.8) is 0 Å². The minimum Gasteiger partial charge on any atom is -0.302 e. The Kier molecular flexibility index (Phi) is 3.83. The van der Waals surface area contributed by atoms with Crippen molar-refractivity contribution < 1.29 is 8.42 Å². The van der Waals surface area contributed by atoms with Crippen molar-refractivity contribution >= 4 is 27.4 Å². The van der Waals surface area contributed by atoms with Crippen LogP contribution in [0.15, 0.2) is 33.1 Å². The first-order valence-corrected chi connectivity index (χ1v) is 7.35. The number of aromatic nitrogens is 4. The molecule has 0 amide bonds. The zero-order valence-electron chi connectivity index (χ0n) is 10.9. The average Bonchev–Trinajstić information content (AvgIpc) is 2.40. The summed E-state index contributed by atoms with van der Waals surface area (Å²) >= 11 is 5.62. The number of halogens is 1. The van der Waals surface area contributed by atoms with E-state index in [9.17, 15) is 18.0 Å². The van der Waals surface area contributed by atoms with E-state index in [0.29, 0.717) is 4.57 Å². The summed E-state index contributed by atoms with van der Waals surface area (Å²) in [6.07, 6.45) is 2.01. The number of hydrogen-bond acceptors (Lipinski definition) is 6. The summed E-state index contributed by atoms with van der Waals surface area (Å²) in [5, 5.41) is 0.0380. The quantitative estimate of drug-likeness (QED) is 0.745. The maximum atomic E-state index is 12.2. The van der Waals surface area contributed by atoms with Crippen LogP contribution in [0.1, 0.15) is 0 Å². The molecule has 0 saturated carbocycles. The molecule has 9 nitrogen and oxygen atoms in total. The number of aryl methyl sites for hydroxylation is 1. The van der Waals surface area contributed by atoms with Crippen LogP contribution < -0.4 is 16.0 Å². The van der Waals surface area contributed by atoms with Crippen LogP contribution in [0.25, 0.3) is 0 Å². The summed E-state index contributed by atoms with van der Waals surface area (Å²) in [5.41, 5.74) is -1.57. The van der Waals surface area contributed by atoms with Gasteiger partial charge < -0.3 is 4.57 Å². The summed E-state index contributed by atoms with van der Waals surface area (Å²) in [6.45, 7) is 0. The fraction of sp³-hybridized carbons (Fsp3) is 0.200. The number of hydrogen-bond donors (Lipinski definition) is 1. The molecule has 112 valence electrons. The molecule has 0 unspecified atom stereocenters. The number of nitrogens with one attached hydrogen (secondary N) is 1. The molecule has 0 bridgehead atoms. The third-order valence-corrected chi connectivity index (χ3v) is 4.12. The number of nitrogens with zero attached hydrogens (tertiary/aromatic N) is 4. The number of rotatable bonds is 3. The van der Waals surface area contributed by atoms with E-state index in [-0.39, 0.29) is 11.0 Å². The molecule has 0 spiro atoms. The molecule has 0 aliphatic carbocycles. The lowest BCUT2D eigenvalue weighted by Gasteiger charge is -2.09. The fourth-order valence-corrected chi connectivity index (χ4v) is 2.85. The van der Waals surface area contributed by atoms with Gasteiger partial charge in [0, 0.05) is 26.4 Å². The summed E-state index contributed by atoms with van der Waals surface area (Å²) < 4.78 is 28.2. The molecular weight excluding hydrogens is 322 g/mol. The van der Waals surface area contributed by atoms with E-state index in [2.05, 4.69) is 14.7 Å². The van der Waals surface area contributed by atoms with Gasteiger partial charge in [0.05, 0.1) is 0 Å². The minimum atomic E-state index is -4.21. The summed E-state index contributed by atoms with van der Waals surface area (Å²) in [6, 6.07) is 1.19. The highest BCUT2D eigenvalue weighted by Crippen LogP contribution is 2.13. The van der Waals surface area contributed by atoms with Gasteiger partial charge in [0.2, 0.25) is 0 Å².